The lowest BCUT2D eigenvalue weighted by Gasteiger charge is -2.31. The van der Waals surface area contributed by atoms with Crippen LogP contribution < -0.4 is 0 Å². The number of likely N-dealkylation sites (N-methyl/N-ethyl adjacent to an activating group) is 1. The number of carbonyl (C=O) groups is 3. The molecule has 0 fully saturated rings. The van der Waals surface area contributed by atoms with Crippen LogP contribution in [0, 0.1) is 0 Å². The average Bonchev–Trinajstić information content (AvgIpc) is 3.14. The standard InChI is InChI=1S/C47H81NO7/c1-6-8-10-12-14-16-18-19-20-21-22-23-24-25-26-28-30-32-34-36-38-46(50)55-43(41-53-40-39-44(47(51)52)48(3,4)5)42-54-45(49)37-35-33-31-29-27-17-15-13-11-9-7-2/h9,11,15-20,29,31,43-44H,6-8,10,12-14,21-28,30,32-42H2,1-5H3/p+1/b11-9+,17-15+,18-16+,20-19+,31-29+. The Balaban J connectivity index is 4.35. The number of carboxylic acids is 1. The van der Waals surface area contributed by atoms with Gasteiger partial charge < -0.3 is 23.8 Å². The van der Waals surface area contributed by atoms with Crippen LogP contribution in [0.5, 0.6) is 0 Å². The van der Waals surface area contributed by atoms with E-state index in [4.69, 9.17) is 14.2 Å². The molecule has 0 aromatic heterocycles. The number of carboxylic acid groups (broad SMARTS) is 1. The van der Waals surface area contributed by atoms with Gasteiger partial charge in [-0.3, -0.25) is 9.59 Å². The van der Waals surface area contributed by atoms with Crippen LogP contribution in [0.15, 0.2) is 60.8 Å². The summed E-state index contributed by atoms with van der Waals surface area (Å²) in [6.45, 7) is 4.53. The van der Waals surface area contributed by atoms with E-state index < -0.39 is 18.1 Å². The lowest BCUT2D eigenvalue weighted by atomic mass is 10.1. The third-order valence-corrected chi connectivity index (χ3v) is 9.43. The van der Waals surface area contributed by atoms with E-state index in [1.807, 2.05) is 21.1 Å². The molecule has 0 heterocycles. The Hall–Kier alpha value is -2.97. The molecule has 0 spiro atoms. The molecular weight excluding hydrogens is 691 g/mol. The minimum absolute atomic E-state index is 0.0420. The Bertz CT molecular complexity index is 1090. The number of esters is 2. The average molecular weight is 773 g/mol. The fourth-order valence-corrected chi connectivity index (χ4v) is 6.05. The van der Waals surface area contributed by atoms with Gasteiger partial charge in [-0.2, -0.15) is 0 Å². The number of allylic oxidation sites excluding steroid dienone is 10. The van der Waals surface area contributed by atoms with Crippen LogP contribution in [0.25, 0.3) is 0 Å². The summed E-state index contributed by atoms with van der Waals surface area (Å²) in [7, 11) is 5.50. The molecular formula is C47H82NO7+. The first-order valence-corrected chi connectivity index (χ1v) is 21.8. The molecule has 0 radical (unpaired) electrons. The van der Waals surface area contributed by atoms with Crippen LogP contribution in [-0.2, 0) is 28.6 Å². The molecule has 0 aromatic rings. The Morgan fingerprint density at radius 2 is 1.09 bits per heavy atom. The molecule has 0 bridgehead atoms. The Kier molecular flexibility index (Phi) is 35.9. The molecule has 2 atom stereocenters. The summed E-state index contributed by atoms with van der Waals surface area (Å²) in [5.41, 5.74) is 0. The number of rotatable bonds is 38. The molecule has 0 aliphatic rings. The van der Waals surface area contributed by atoms with Crippen molar-refractivity contribution >= 4 is 17.9 Å². The fraction of sp³-hybridized carbons (Fsp3) is 0.723. The van der Waals surface area contributed by atoms with Gasteiger partial charge in [0, 0.05) is 19.3 Å². The Morgan fingerprint density at radius 1 is 0.582 bits per heavy atom. The quantitative estimate of drug-likeness (QED) is 0.0219. The van der Waals surface area contributed by atoms with E-state index in [-0.39, 0.29) is 42.7 Å². The lowest BCUT2D eigenvalue weighted by molar-refractivity contribution is -0.887. The predicted molar refractivity (Wildman–Crippen MR) is 229 cm³/mol. The van der Waals surface area contributed by atoms with Gasteiger partial charge in [0.05, 0.1) is 34.4 Å². The molecule has 2 unspecified atom stereocenters. The Labute approximate surface area is 337 Å². The number of hydrogen-bond donors (Lipinski definition) is 1. The van der Waals surface area contributed by atoms with Crippen molar-refractivity contribution in [2.45, 2.75) is 180 Å². The number of aliphatic carboxylic acids is 1. The van der Waals surface area contributed by atoms with Gasteiger partial charge in [-0.25, -0.2) is 4.79 Å². The number of carbonyl (C=O) groups excluding carboxylic acids is 2. The molecule has 0 aliphatic carbocycles. The van der Waals surface area contributed by atoms with Crippen molar-refractivity contribution in [3.05, 3.63) is 60.8 Å². The third-order valence-electron chi connectivity index (χ3n) is 9.43. The minimum Gasteiger partial charge on any atom is -0.477 e. The first-order valence-electron chi connectivity index (χ1n) is 21.8. The van der Waals surface area contributed by atoms with E-state index in [1.54, 1.807) is 0 Å². The molecule has 8 nitrogen and oxygen atoms in total. The van der Waals surface area contributed by atoms with Gasteiger partial charge in [0.25, 0.3) is 0 Å². The zero-order chi connectivity index (χ0) is 40.7. The van der Waals surface area contributed by atoms with E-state index in [0.717, 1.165) is 44.9 Å². The van der Waals surface area contributed by atoms with Crippen LogP contribution in [0.3, 0.4) is 0 Å². The molecule has 0 saturated carbocycles. The molecule has 316 valence electrons. The summed E-state index contributed by atoms with van der Waals surface area (Å²) in [5.74, 6) is -1.55. The smallest absolute Gasteiger partial charge is 0.362 e. The molecule has 0 amide bonds. The number of unbranched alkanes of at least 4 members (excludes halogenated alkanes) is 15. The lowest BCUT2D eigenvalue weighted by Crippen LogP contribution is -2.50. The molecule has 0 saturated heterocycles. The van der Waals surface area contributed by atoms with Gasteiger partial charge in [0.2, 0.25) is 0 Å². The van der Waals surface area contributed by atoms with Crippen molar-refractivity contribution in [2.24, 2.45) is 0 Å². The minimum atomic E-state index is -0.884. The summed E-state index contributed by atoms with van der Waals surface area (Å²) in [5, 5.41) is 9.61. The van der Waals surface area contributed by atoms with Crippen LogP contribution in [0.2, 0.25) is 0 Å². The largest absolute Gasteiger partial charge is 0.477 e. The highest BCUT2D eigenvalue weighted by molar-refractivity contribution is 5.72. The van der Waals surface area contributed by atoms with Crippen LogP contribution in [0.1, 0.15) is 168 Å². The van der Waals surface area contributed by atoms with Crippen molar-refractivity contribution < 1.29 is 38.2 Å². The van der Waals surface area contributed by atoms with Crippen molar-refractivity contribution in [1.29, 1.82) is 0 Å². The van der Waals surface area contributed by atoms with Gasteiger partial charge in [0.15, 0.2) is 12.1 Å². The maximum absolute atomic E-state index is 12.7. The van der Waals surface area contributed by atoms with Crippen molar-refractivity contribution in [1.82, 2.24) is 0 Å². The van der Waals surface area contributed by atoms with E-state index in [9.17, 15) is 19.5 Å². The zero-order valence-electron chi connectivity index (χ0n) is 35.9. The summed E-state index contributed by atoms with van der Waals surface area (Å²) >= 11 is 0. The van der Waals surface area contributed by atoms with E-state index in [0.29, 0.717) is 19.3 Å². The highest BCUT2D eigenvalue weighted by atomic mass is 16.6. The first kappa shape index (κ1) is 52.0. The highest BCUT2D eigenvalue weighted by Crippen LogP contribution is 2.14. The summed E-state index contributed by atoms with van der Waals surface area (Å²) in [6.07, 6.45) is 45.6. The monoisotopic (exact) mass is 773 g/mol. The van der Waals surface area contributed by atoms with Crippen LogP contribution in [-0.4, -0.2) is 80.6 Å². The first-order chi connectivity index (χ1) is 26.6. The normalized spacial score (nSPS) is 13.5. The molecule has 0 rings (SSSR count). The van der Waals surface area contributed by atoms with Crippen LogP contribution in [0.4, 0.5) is 0 Å². The predicted octanol–water partition coefficient (Wildman–Crippen LogP) is 11.8. The van der Waals surface area contributed by atoms with Gasteiger partial charge >= 0.3 is 17.9 Å². The van der Waals surface area contributed by atoms with E-state index >= 15 is 0 Å². The fourth-order valence-electron chi connectivity index (χ4n) is 6.05. The second-order valence-corrected chi connectivity index (χ2v) is 15.6. The molecule has 0 aliphatic heterocycles. The molecule has 8 heteroatoms. The molecule has 0 aromatic carbocycles. The van der Waals surface area contributed by atoms with Crippen LogP contribution >= 0.6 is 0 Å². The van der Waals surface area contributed by atoms with Crippen molar-refractivity contribution in [3.63, 3.8) is 0 Å². The van der Waals surface area contributed by atoms with Gasteiger partial charge in [-0.15, -0.1) is 0 Å². The second-order valence-electron chi connectivity index (χ2n) is 15.6. The van der Waals surface area contributed by atoms with Gasteiger partial charge in [0.1, 0.15) is 6.61 Å². The number of hydrogen-bond acceptors (Lipinski definition) is 6. The zero-order valence-corrected chi connectivity index (χ0v) is 35.9. The summed E-state index contributed by atoms with van der Waals surface area (Å²) in [4.78, 5) is 36.9. The van der Waals surface area contributed by atoms with E-state index in [1.165, 1.54) is 83.5 Å². The summed E-state index contributed by atoms with van der Waals surface area (Å²) < 4.78 is 17.2. The molecule has 1 N–H and O–H groups in total. The topological polar surface area (TPSA) is 99.1 Å². The Morgan fingerprint density at radius 3 is 1.65 bits per heavy atom. The maximum Gasteiger partial charge on any atom is 0.362 e. The van der Waals surface area contributed by atoms with Crippen molar-refractivity contribution in [2.75, 3.05) is 41.0 Å². The SMILES string of the molecule is CC/C=C/C/C=C/C/C=C/CCCC(=O)OCC(COCCC(C(=O)O)[N+](C)(C)C)OC(=O)CCCCCCCCCCCC/C=C/C=C/CCCCCC. The second kappa shape index (κ2) is 37.9. The number of nitrogens with zero attached hydrogens (tertiary/aromatic N) is 1. The number of ether oxygens (including phenoxy) is 3. The highest BCUT2D eigenvalue weighted by Gasteiger charge is 2.31. The maximum atomic E-state index is 12.7. The summed E-state index contributed by atoms with van der Waals surface area (Å²) in [6, 6.07) is -0.623. The molecule has 55 heavy (non-hydrogen) atoms. The number of quaternary nitrogens is 1. The van der Waals surface area contributed by atoms with Crippen molar-refractivity contribution in [3.8, 4) is 0 Å². The third kappa shape index (κ3) is 36.4. The van der Waals surface area contributed by atoms with Gasteiger partial charge in [-0.1, -0.05) is 145 Å². The van der Waals surface area contributed by atoms with E-state index in [2.05, 4.69) is 74.6 Å². The van der Waals surface area contributed by atoms with Gasteiger partial charge in [-0.05, 0) is 64.2 Å².